The summed E-state index contributed by atoms with van der Waals surface area (Å²) in [5.41, 5.74) is 4.45. The molecule has 0 unspecified atom stereocenters. The molecule has 0 aliphatic heterocycles. The van der Waals surface area contributed by atoms with Crippen LogP contribution in [0.1, 0.15) is 44.4 Å². The van der Waals surface area contributed by atoms with E-state index in [1.54, 1.807) is 0 Å². The maximum absolute atomic E-state index is 2.39. The topological polar surface area (TPSA) is 0 Å². The van der Waals surface area contributed by atoms with Gasteiger partial charge in [0.2, 0.25) is 0 Å². The molecule has 0 nitrogen and oxygen atoms in total. The van der Waals surface area contributed by atoms with Gasteiger partial charge in [0.25, 0.3) is 0 Å². The van der Waals surface area contributed by atoms with Crippen molar-refractivity contribution in [1.82, 2.24) is 0 Å². The van der Waals surface area contributed by atoms with Crippen LogP contribution >= 0.6 is 0 Å². The summed E-state index contributed by atoms with van der Waals surface area (Å²) >= 11 is 0. The highest BCUT2D eigenvalue weighted by Gasteiger charge is 2.07. The van der Waals surface area contributed by atoms with Crippen LogP contribution in [0.15, 0.2) is 18.2 Å². The molecule has 1 aromatic rings. The van der Waals surface area contributed by atoms with Crippen molar-refractivity contribution in [2.45, 2.75) is 40.5 Å². The van der Waals surface area contributed by atoms with E-state index in [1.165, 1.54) is 16.7 Å². The van der Waals surface area contributed by atoms with Crippen LogP contribution in [0, 0.1) is 12.3 Å². The second-order valence-corrected chi connectivity index (χ2v) is 4.11. The Bertz CT molecular complexity index is 262. The predicted molar refractivity (Wildman–Crippen MR) is 63.4 cm³/mol. The largest absolute Gasteiger partial charge is 0.0622 e. The summed E-state index contributed by atoms with van der Waals surface area (Å²) in [5.74, 6) is 0.632. The van der Waals surface area contributed by atoms with Crippen LogP contribution in [0.5, 0.6) is 0 Å². The normalized spacial score (nSPS) is 10.9. The summed E-state index contributed by atoms with van der Waals surface area (Å²) < 4.78 is 0. The molecule has 0 saturated heterocycles. The summed E-state index contributed by atoms with van der Waals surface area (Å²) in [6.45, 7) is 8.94. The lowest BCUT2D eigenvalue weighted by Gasteiger charge is -2.14. The molecule has 0 heterocycles. The monoisotopic (exact) mass is 189 g/mol. The minimum atomic E-state index is 0.632. The van der Waals surface area contributed by atoms with Gasteiger partial charge in [0, 0.05) is 0 Å². The first-order valence-electron chi connectivity index (χ1n) is 5.64. The van der Waals surface area contributed by atoms with Gasteiger partial charge < -0.3 is 0 Å². The van der Waals surface area contributed by atoms with Gasteiger partial charge in [-0.25, -0.2) is 0 Å². The fourth-order valence-corrected chi connectivity index (χ4v) is 1.83. The molecule has 0 fully saturated rings. The molecule has 77 valence electrons. The Morgan fingerprint density at radius 3 is 1.93 bits per heavy atom. The minimum absolute atomic E-state index is 0.632. The molecule has 0 saturated carbocycles. The molecule has 0 aliphatic rings. The van der Waals surface area contributed by atoms with Gasteiger partial charge in [-0.15, -0.1) is 0 Å². The molecule has 1 aromatic carbocycles. The summed E-state index contributed by atoms with van der Waals surface area (Å²) in [7, 11) is 0. The van der Waals surface area contributed by atoms with Crippen molar-refractivity contribution in [2.75, 3.05) is 0 Å². The predicted octanol–water partition coefficient (Wildman–Crippen LogP) is 4.02. The van der Waals surface area contributed by atoms with Gasteiger partial charge in [0.05, 0.1) is 0 Å². The van der Waals surface area contributed by atoms with Gasteiger partial charge in [-0.2, -0.15) is 0 Å². The van der Waals surface area contributed by atoms with Gasteiger partial charge in [0.1, 0.15) is 0 Å². The van der Waals surface area contributed by atoms with Gasteiger partial charge in [-0.1, -0.05) is 45.9 Å². The third kappa shape index (κ3) is 2.60. The first-order valence-corrected chi connectivity index (χ1v) is 5.64. The van der Waals surface area contributed by atoms with Crippen LogP contribution in [0.2, 0.25) is 0 Å². The van der Waals surface area contributed by atoms with Crippen LogP contribution in [-0.4, -0.2) is 0 Å². The first kappa shape index (κ1) is 11.3. The Labute approximate surface area is 88.4 Å². The van der Waals surface area contributed by atoms with E-state index in [9.17, 15) is 0 Å². The smallest absolute Gasteiger partial charge is 0.00619 e. The van der Waals surface area contributed by atoms with Crippen LogP contribution < -0.4 is 0 Å². The van der Waals surface area contributed by atoms with Crippen molar-refractivity contribution < 1.29 is 0 Å². The minimum Gasteiger partial charge on any atom is -0.0622 e. The average Bonchev–Trinajstić information content (AvgIpc) is 2.17. The quantitative estimate of drug-likeness (QED) is 0.671. The Kier molecular flexibility index (Phi) is 4.19. The zero-order chi connectivity index (χ0) is 10.6. The van der Waals surface area contributed by atoms with Gasteiger partial charge in [0.15, 0.2) is 0 Å². The lowest BCUT2D eigenvalue weighted by molar-refractivity contribution is 0.768. The molecule has 0 aromatic heterocycles. The molecule has 0 heteroatoms. The van der Waals surface area contributed by atoms with Crippen LogP contribution in [0.4, 0.5) is 0 Å². The van der Waals surface area contributed by atoms with Crippen LogP contribution in [0.25, 0.3) is 0 Å². The number of aryl methyl sites for hydroxylation is 2. The van der Waals surface area contributed by atoms with Gasteiger partial charge >= 0.3 is 0 Å². The third-order valence-electron chi connectivity index (χ3n) is 2.55. The molecule has 1 radical (unpaired) electrons. The van der Waals surface area contributed by atoms with E-state index in [4.69, 9.17) is 0 Å². The highest BCUT2D eigenvalue weighted by molar-refractivity contribution is 5.40. The van der Waals surface area contributed by atoms with Crippen LogP contribution in [-0.2, 0) is 12.8 Å². The molecule has 0 aliphatic carbocycles. The van der Waals surface area contributed by atoms with Crippen molar-refractivity contribution in [1.29, 1.82) is 0 Å². The van der Waals surface area contributed by atoms with E-state index in [1.807, 2.05) is 0 Å². The molecular weight excluding hydrogens is 168 g/mol. The number of rotatable bonds is 4. The highest BCUT2D eigenvalue weighted by Crippen LogP contribution is 2.21. The number of hydrogen-bond acceptors (Lipinski definition) is 0. The summed E-state index contributed by atoms with van der Waals surface area (Å²) in [4.78, 5) is 0. The van der Waals surface area contributed by atoms with Crippen molar-refractivity contribution in [3.05, 3.63) is 41.3 Å². The van der Waals surface area contributed by atoms with Gasteiger partial charge in [-0.05, 0) is 41.9 Å². The molecule has 0 spiro atoms. The zero-order valence-electron chi connectivity index (χ0n) is 9.80. The van der Waals surface area contributed by atoms with Crippen molar-refractivity contribution >= 4 is 0 Å². The standard InChI is InChI=1S/C14H21/c1-5-12-8-7-9-13(6-2)14(12)10-11(3)4/h7-11H,5-6H2,1-4H3. The maximum atomic E-state index is 2.39. The molecule has 0 N–H and O–H groups in total. The van der Waals surface area contributed by atoms with E-state index in [0.29, 0.717) is 5.92 Å². The molecule has 0 bridgehead atoms. The molecule has 1 rings (SSSR count). The van der Waals surface area contributed by atoms with E-state index in [2.05, 4.69) is 52.3 Å². The fourth-order valence-electron chi connectivity index (χ4n) is 1.83. The Morgan fingerprint density at radius 2 is 1.57 bits per heavy atom. The lowest BCUT2D eigenvalue weighted by atomic mass is 9.91. The molecule has 0 atom stereocenters. The van der Waals surface area contributed by atoms with E-state index in [0.717, 1.165) is 12.8 Å². The van der Waals surface area contributed by atoms with E-state index in [-0.39, 0.29) is 0 Å². The maximum Gasteiger partial charge on any atom is -0.00619 e. The first-order chi connectivity index (χ1) is 6.69. The average molecular weight is 189 g/mol. The van der Waals surface area contributed by atoms with Gasteiger partial charge in [-0.3, -0.25) is 0 Å². The zero-order valence-corrected chi connectivity index (χ0v) is 9.80. The third-order valence-corrected chi connectivity index (χ3v) is 2.55. The lowest BCUT2D eigenvalue weighted by Crippen LogP contribution is -2.01. The van der Waals surface area contributed by atoms with Crippen molar-refractivity contribution in [2.24, 2.45) is 5.92 Å². The van der Waals surface area contributed by atoms with Crippen molar-refractivity contribution in [3.63, 3.8) is 0 Å². The van der Waals surface area contributed by atoms with Crippen molar-refractivity contribution in [3.8, 4) is 0 Å². The summed E-state index contributed by atoms with van der Waals surface area (Å²) in [6.07, 6.45) is 4.65. The SMILES string of the molecule is CCc1cccc(CC)c1[CH]C(C)C. The highest BCUT2D eigenvalue weighted by atomic mass is 14.1. The Morgan fingerprint density at radius 1 is 1.07 bits per heavy atom. The Balaban J connectivity index is 3.05. The van der Waals surface area contributed by atoms with E-state index < -0.39 is 0 Å². The molecular formula is C14H21. The Hall–Kier alpha value is -0.780. The molecule has 0 amide bonds. The van der Waals surface area contributed by atoms with E-state index >= 15 is 0 Å². The number of hydrogen-bond donors (Lipinski definition) is 0. The molecule has 14 heavy (non-hydrogen) atoms. The van der Waals surface area contributed by atoms with Crippen LogP contribution in [0.3, 0.4) is 0 Å². The number of benzene rings is 1. The second-order valence-electron chi connectivity index (χ2n) is 4.11. The summed E-state index contributed by atoms with van der Waals surface area (Å²) in [6, 6.07) is 6.66. The fraction of sp³-hybridized carbons (Fsp3) is 0.500. The second kappa shape index (κ2) is 5.19. The summed E-state index contributed by atoms with van der Waals surface area (Å²) in [5, 5.41) is 0.